The van der Waals surface area contributed by atoms with Crippen LogP contribution < -0.4 is 10.6 Å². The van der Waals surface area contributed by atoms with Gasteiger partial charge in [0.1, 0.15) is 16.5 Å². The Bertz CT molecular complexity index is 1170. The highest BCUT2D eigenvalue weighted by molar-refractivity contribution is 6.48. The average molecular weight is 450 g/mol. The van der Waals surface area contributed by atoms with Crippen molar-refractivity contribution < 1.29 is 18.8 Å². The van der Waals surface area contributed by atoms with E-state index in [1.54, 1.807) is 36.4 Å². The van der Waals surface area contributed by atoms with Gasteiger partial charge in [0.05, 0.1) is 12.8 Å². The van der Waals surface area contributed by atoms with Gasteiger partial charge in [-0.2, -0.15) is 0 Å². The van der Waals surface area contributed by atoms with E-state index in [0.717, 1.165) is 10.5 Å². The average Bonchev–Trinajstić information content (AvgIpc) is 3.41. The first-order valence-electron chi connectivity index (χ1n) is 10.0. The lowest BCUT2D eigenvalue weighted by Gasteiger charge is -2.15. The van der Waals surface area contributed by atoms with Crippen molar-refractivity contribution in [2.45, 2.75) is 13.0 Å². The summed E-state index contributed by atoms with van der Waals surface area (Å²) in [7, 11) is 0. The van der Waals surface area contributed by atoms with Crippen LogP contribution in [0.5, 0.6) is 0 Å². The summed E-state index contributed by atoms with van der Waals surface area (Å²) in [5.41, 5.74) is 1.86. The fourth-order valence-electron chi connectivity index (χ4n) is 3.31. The van der Waals surface area contributed by atoms with E-state index in [9.17, 15) is 14.4 Å². The standard InChI is InChI=1S/C24H20ClN3O4/c25-20-21(24(31)28(23(20)30)12-11-16-6-2-1-3-7-16)27-18-9-4-8-17(14-18)22(29)26-15-19-10-5-13-32-19/h1-10,13-14,27H,11-12,15H2,(H,26,29). The lowest BCUT2D eigenvalue weighted by molar-refractivity contribution is -0.137. The van der Waals surface area contributed by atoms with E-state index in [0.29, 0.717) is 23.4 Å². The largest absolute Gasteiger partial charge is 0.467 e. The fourth-order valence-corrected chi connectivity index (χ4v) is 3.54. The van der Waals surface area contributed by atoms with Crippen LogP contribution in [0, 0.1) is 0 Å². The van der Waals surface area contributed by atoms with Crippen LogP contribution in [-0.2, 0) is 22.6 Å². The summed E-state index contributed by atoms with van der Waals surface area (Å²) >= 11 is 6.17. The number of nitrogens with zero attached hydrogens (tertiary/aromatic N) is 1. The Kier molecular flexibility index (Phi) is 6.37. The van der Waals surface area contributed by atoms with Crippen LogP contribution >= 0.6 is 11.6 Å². The van der Waals surface area contributed by atoms with Crippen LogP contribution in [0.4, 0.5) is 5.69 Å². The molecule has 0 saturated carbocycles. The Morgan fingerprint density at radius 3 is 2.53 bits per heavy atom. The smallest absolute Gasteiger partial charge is 0.278 e. The molecule has 32 heavy (non-hydrogen) atoms. The third kappa shape index (κ3) is 4.73. The normalized spacial score (nSPS) is 13.6. The van der Waals surface area contributed by atoms with Gasteiger partial charge in [-0.15, -0.1) is 0 Å². The second kappa shape index (κ2) is 9.53. The minimum Gasteiger partial charge on any atom is -0.467 e. The van der Waals surface area contributed by atoms with E-state index in [1.165, 1.54) is 6.26 Å². The van der Waals surface area contributed by atoms with Gasteiger partial charge < -0.3 is 15.1 Å². The van der Waals surface area contributed by atoms with Gasteiger partial charge in [0, 0.05) is 17.8 Å². The number of imide groups is 1. The molecule has 3 aromatic rings. The lowest BCUT2D eigenvalue weighted by Crippen LogP contribution is -2.34. The van der Waals surface area contributed by atoms with Gasteiger partial charge in [-0.25, -0.2) is 0 Å². The number of hydrogen-bond donors (Lipinski definition) is 2. The van der Waals surface area contributed by atoms with E-state index >= 15 is 0 Å². The second-order valence-corrected chi connectivity index (χ2v) is 7.53. The van der Waals surface area contributed by atoms with Gasteiger partial charge in [-0.3, -0.25) is 19.3 Å². The van der Waals surface area contributed by atoms with E-state index in [4.69, 9.17) is 16.0 Å². The summed E-state index contributed by atoms with van der Waals surface area (Å²) in [5.74, 6) is -0.704. The molecule has 4 rings (SSSR count). The molecule has 2 N–H and O–H groups in total. The summed E-state index contributed by atoms with van der Waals surface area (Å²) in [5, 5.41) is 5.49. The monoisotopic (exact) mass is 449 g/mol. The predicted octanol–water partition coefficient (Wildman–Crippen LogP) is 3.68. The van der Waals surface area contributed by atoms with Gasteiger partial charge in [0.15, 0.2) is 0 Å². The van der Waals surface area contributed by atoms with Crippen molar-refractivity contribution in [1.82, 2.24) is 10.2 Å². The molecule has 0 aliphatic carbocycles. The molecule has 0 fully saturated rings. The van der Waals surface area contributed by atoms with Crippen molar-refractivity contribution in [2.75, 3.05) is 11.9 Å². The number of nitrogens with one attached hydrogen (secondary N) is 2. The maximum Gasteiger partial charge on any atom is 0.278 e. The van der Waals surface area contributed by atoms with Gasteiger partial charge in [0.25, 0.3) is 17.7 Å². The van der Waals surface area contributed by atoms with Crippen molar-refractivity contribution in [3.63, 3.8) is 0 Å². The second-order valence-electron chi connectivity index (χ2n) is 7.15. The zero-order valence-electron chi connectivity index (χ0n) is 17.0. The first-order valence-corrected chi connectivity index (χ1v) is 10.4. The maximum atomic E-state index is 12.8. The van der Waals surface area contributed by atoms with Crippen molar-refractivity contribution in [3.8, 4) is 0 Å². The van der Waals surface area contributed by atoms with E-state index in [1.807, 2.05) is 30.3 Å². The topological polar surface area (TPSA) is 91.7 Å². The molecular formula is C24H20ClN3O4. The van der Waals surface area contributed by atoms with Crippen molar-refractivity contribution in [3.05, 3.63) is 101 Å². The molecule has 3 amide bonds. The van der Waals surface area contributed by atoms with E-state index < -0.39 is 11.8 Å². The minimum absolute atomic E-state index is 0.00197. The van der Waals surface area contributed by atoms with Crippen LogP contribution in [0.2, 0.25) is 0 Å². The van der Waals surface area contributed by atoms with Crippen LogP contribution in [0.1, 0.15) is 21.7 Å². The van der Waals surface area contributed by atoms with Crippen molar-refractivity contribution in [2.24, 2.45) is 0 Å². The molecule has 0 saturated heterocycles. The maximum absolute atomic E-state index is 12.8. The number of carbonyl (C=O) groups excluding carboxylic acids is 3. The van der Waals surface area contributed by atoms with Crippen LogP contribution in [0.15, 0.2) is 88.1 Å². The Labute approximate surface area is 189 Å². The third-order valence-corrected chi connectivity index (χ3v) is 5.33. The first kappa shape index (κ1) is 21.4. The number of benzene rings is 2. The van der Waals surface area contributed by atoms with Crippen LogP contribution in [0.25, 0.3) is 0 Å². The van der Waals surface area contributed by atoms with Gasteiger partial charge in [0.2, 0.25) is 0 Å². The summed E-state index contributed by atoms with van der Waals surface area (Å²) < 4.78 is 5.20. The number of amides is 3. The molecule has 1 aliphatic rings. The molecule has 162 valence electrons. The van der Waals surface area contributed by atoms with Crippen molar-refractivity contribution >= 4 is 35.0 Å². The van der Waals surface area contributed by atoms with E-state index in [-0.39, 0.29) is 29.7 Å². The Morgan fingerprint density at radius 2 is 1.78 bits per heavy atom. The summed E-state index contributed by atoms with van der Waals surface area (Å²) in [6.07, 6.45) is 2.06. The predicted molar refractivity (Wildman–Crippen MR) is 120 cm³/mol. The van der Waals surface area contributed by atoms with Gasteiger partial charge >= 0.3 is 0 Å². The summed E-state index contributed by atoms with van der Waals surface area (Å²) in [4.78, 5) is 38.9. The quantitative estimate of drug-likeness (QED) is 0.512. The zero-order chi connectivity index (χ0) is 22.5. The number of anilines is 1. The highest BCUT2D eigenvalue weighted by atomic mass is 35.5. The molecule has 7 nitrogen and oxygen atoms in total. The van der Waals surface area contributed by atoms with Gasteiger partial charge in [-0.05, 0) is 42.3 Å². The molecule has 0 bridgehead atoms. The summed E-state index contributed by atoms with van der Waals surface area (Å²) in [6, 6.07) is 19.7. The lowest BCUT2D eigenvalue weighted by atomic mass is 10.1. The van der Waals surface area contributed by atoms with E-state index in [2.05, 4.69) is 10.6 Å². The molecule has 2 aromatic carbocycles. The van der Waals surface area contributed by atoms with Gasteiger partial charge in [-0.1, -0.05) is 48.0 Å². The van der Waals surface area contributed by atoms with Crippen LogP contribution in [0.3, 0.4) is 0 Å². The molecule has 8 heteroatoms. The molecule has 1 aliphatic heterocycles. The third-order valence-electron chi connectivity index (χ3n) is 4.98. The summed E-state index contributed by atoms with van der Waals surface area (Å²) in [6.45, 7) is 0.474. The minimum atomic E-state index is -0.539. The molecular weight excluding hydrogens is 430 g/mol. The number of carbonyl (C=O) groups is 3. The highest BCUT2D eigenvalue weighted by Gasteiger charge is 2.37. The number of rotatable bonds is 8. The first-order chi connectivity index (χ1) is 15.5. The molecule has 0 unspecified atom stereocenters. The highest BCUT2D eigenvalue weighted by Crippen LogP contribution is 2.26. The molecule has 1 aromatic heterocycles. The number of halogens is 1. The SMILES string of the molecule is O=C(NCc1ccco1)c1cccc(NC2=C(Cl)C(=O)N(CCc3ccccc3)C2=O)c1. The number of hydrogen-bond acceptors (Lipinski definition) is 5. The Balaban J connectivity index is 1.41. The van der Waals surface area contributed by atoms with Crippen molar-refractivity contribution in [1.29, 1.82) is 0 Å². The number of furan rings is 1. The van der Waals surface area contributed by atoms with Crippen LogP contribution in [-0.4, -0.2) is 29.2 Å². The molecule has 2 heterocycles. The fraction of sp³-hybridized carbons (Fsp3) is 0.125. The zero-order valence-corrected chi connectivity index (χ0v) is 17.8. The Morgan fingerprint density at radius 1 is 0.969 bits per heavy atom. The Hall–Kier alpha value is -3.84. The molecule has 0 spiro atoms. The molecule has 0 radical (unpaired) electrons. The molecule has 0 atom stereocenters.